The second kappa shape index (κ2) is 13.5. The van der Waals surface area contributed by atoms with Crippen molar-refractivity contribution in [1.82, 2.24) is 0 Å². The van der Waals surface area contributed by atoms with Gasteiger partial charge in [0.25, 0.3) is 0 Å². The van der Waals surface area contributed by atoms with Gasteiger partial charge < -0.3 is 0 Å². The number of rotatable bonds is 10. The number of aryl methyl sites for hydroxylation is 2. The molecule has 0 aromatic heterocycles. The van der Waals surface area contributed by atoms with E-state index in [1.54, 1.807) is 0 Å². The molecule has 0 heterocycles. The Morgan fingerprint density at radius 2 is 1.35 bits per heavy atom. The van der Waals surface area contributed by atoms with Crippen molar-refractivity contribution < 1.29 is 4.79 Å². The third-order valence-electron chi connectivity index (χ3n) is 8.82. The first-order valence-electron chi connectivity index (χ1n) is 14.9. The molecule has 0 spiro atoms. The van der Waals surface area contributed by atoms with Gasteiger partial charge in [-0.1, -0.05) is 104 Å². The molecule has 5 rings (SSSR count). The summed E-state index contributed by atoms with van der Waals surface area (Å²) in [6.07, 6.45) is 13.6. The summed E-state index contributed by atoms with van der Waals surface area (Å²) in [5, 5.41) is 0. The molecule has 0 N–H and O–H groups in total. The first-order valence-corrected chi connectivity index (χ1v) is 14.9. The van der Waals surface area contributed by atoms with Gasteiger partial charge in [0.05, 0.1) is 0 Å². The maximum atomic E-state index is 13.9. The lowest BCUT2D eigenvalue weighted by atomic mass is 9.70. The molecule has 1 aliphatic rings. The van der Waals surface area contributed by atoms with Gasteiger partial charge in [-0.2, -0.15) is 0 Å². The Labute approximate surface area is 240 Å². The highest BCUT2D eigenvalue weighted by atomic mass is 16.1. The van der Waals surface area contributed by atoms with Gasteiger partial charge in [0.2, 0.25) is 0 Å². The number of carbonyl (C=O) groups excluding carboxylic acids is 1. The number of hydrogen-bond donors (Lipinski definition) is 0. The van der Waals surface area contributed by atoms with Crippen LogP contribution in [0.25, 0.3) is 11.1 Å². The minimum absolute atomic E-state index is 0.0314. The minimum atomic E-state index is -0.0314. The van der Waals surface area contributed by atoms with Gasteiger partial charge in [-0.3, -0.25) is 4.79 Å². The molecule has 202 valence electrons. The fraction of sp³-hybridized carbons (Fsp3) is 0.308. The highest BCUT2D eigenvalue weighted by Crippen LogP contribution is 2.41. The van der Waals surface area contributed by atoms with E-state index in [1.807, 2.05) is 18.2 Å². The largest absolute Gasteiger partial charge is 0.299 e. The molecule has 1 fully saturated rings. The van der Waals surface area contributed by atoms with Crippen LogP contribution in [-0.4, -0.2) is 5.78 Å². The van der Waals surface area contributed by atoms with E-state index >= 15 is 0 Å². The van der Waals surface area contributed by atoms with Gasteiger partial charge in [0.15, 0.2) is 0 Å². The number of Topliss-reactive ketones (excluding diaryl/α,β-unsaturated/α-hetero) is 1. The Balaban J connectivity index is 1.30. The third kappa shape index (κ3) is 7.00. The van der Waals surface area contributed by atoms with Crippen LogP contribution in [0, 0.1) is 24.2 Å². The van der Waals surface area contributed by atoms with E-state index in [4.69, 9.17) is 6.42 Å². The van der Waals surface area contributed by atoms with Crippen LogP contribution in [0.5, 0.6) is 0 Å². The van der Waals surface area contributed by atoms with Crippen molar-refractivity contribution in [3.05, 3.63) is 131 Å². The van der Waals surface area contributed by atoms with Crippen molar-refractivity contribution in [2.24, 2.45) is 11.8 Å². The van der Waals surface area contributed by atoms with Crippen molar-refractivity contribution >= 4 is 5.78 Å². The van der Waals surface area contributed by atoms with Crippen molar-refractivity contribution in [3.8, 4) is 23.5 Å². The Morgan fingerprint density at radius 1 is 0.750 bits per heavy atom. The molecule has 0 saturated heterocycles. The fourth-order valence-electron chi connectivity index (χ4n) is 6.40. The number of benzene rings is 4. The Bertz CT molecular complexity index is 1400. The molecule has 0 bridgehead atoms. The van der Waals surface area contributed by atoms with E-state index in [1.165, 1.54) is 46.2 Å². The molecule has 1 heteroatoms. The maximum absolute atomic E-state index is 13.9. The molecule has 4 aromatic carbocycles. The van der Waals surface area contributed by atoms with Crippen LogP contribution < -0.4 is 0 Å². The molecule has 1 nitrogen and oxygen atoms in total. The molecule has 1 unspecified atom stereocenters. The molecule has 0 aliphatic heterocycles. The molecule has 0 radical (unpaired) electrons. The second-order valence-electron chi connectivity index (χ2n) is 11.4. The van der Waals surface area contributed by atoms with Gasteiger partial charge in [-0.15, -0.1) is 6.42 Å². The van der Waals surface area contributed by atoms with Crippen LogP contribution >= 0.6 is 0 Å². The topological polar surface area (TPSA) is 17.1 Å². The number of terminal acetylenes is 1. The highest BCUT2D eigenvalue weighted by Gasteiger charge is 2.33. The average molecular weight is 525 g/mol. The van der Waals surface area contributed by atoms with Crippen LogP contribution in [0.1, 0.15) is 72.8 Å². The molecule has 0 amide bonds. The fourth-order valence-corrected chi connectivity index (χ4v) is 6.40. The van der Waals surface area contributed by atoms with E-state index in [-0.39, 0.29) is 5.92 Å². The summed E-state index contributed by atoms with van der Waals surface area (Å²) in [7, 11) is 0. The van der Waals surface area contributed by atoms with Gasteiger partial charge in [-0.05, 0) is 102 Å². The summed E-state index contributed by atoms with van der Waals surface area (Å²) < 4.78 is 0. The lowest BCUT2D eigenvalue weighted by Crippen LogP contribution is -2.27. The van der Waals surface area contributed by atoms with E-state index < -0.39 is 0 Å². The average Bonchev–Trinajstić information content (AvgIpc) is 3.02. The molecule has 40 heavy (non-hydrogen) atoms. The standard InChI is InChI=1S/C39H40O/c1-3-29-10-12-32(13-11-29)28-33-16-21-36(22-17-33)39(38(40)27-18-31-8-6-5-7-9-31)37-25-23-35(24-26-37)34-19-14-30(4-2)15-20-34/h1,5-15,19-20,23-26,33,36,39H,4,16-18,21-22,27-28H2,2H3. The Morgan fingerprint density at radius 3 is 1.95 bits per heavy atom. The van der Waals surface area contributed by atoms with Crippen LogP contribution in [0.2, 0.25) is 0 Å². The summed E-state index contributed by atoms with van der Waals surface area (Å²) >= 11 is 0. The summed E-state index contributed by atoms with van der Waals surface area (Å²) in [5.74, 6) is 4.13. The minimum Gasteiger partial charge on any atom is -0.299 e. The first kappa shape index (κ1) is 27.7. The number of ketones is 1. The molecule has 1 saturated carbocycles. The van der Waals surface area contributed by atoms with Gasteiger partial charge in [0.1, 0.15) is 5.78 Å². The van der Waals surface area contributed by atoms with Crippen LogP contribution in [0.4, 0.5) is 0 Å². The second-order valence-corrected chi connectivity index (χ2v) is 11.4. The summed E-state index contributed by atoms with van der Waals surface area (Å²) in [4.78, 5) is 13.9. The molecular formula is C39H40O. The summed E-state index contributed by atoms with van der Waals surface area (Å²) in [6.45, 7) is 2.18. The van der Waals surface area contributed by atoms with Crippen LogP contribution in [0.3, 0.4) is 0 Å². The van der Waals surface area contributed by atoms with E-state index in [0.29, 0.717) is 24.0 Å². The van der Waals surface area contributed by atoms with Crippen molar-refractivity contribution in [1.29, 1.82) is 0 Å². The van der Waals surface area contributed by atoms with Crippen molar-refractivity contribution in [3.63, 3.8) is 0 Å². The maximum Gasteiger partial charge on any atom is 0.140 e. The number of carbonyl (C=O) groups is 1. The molecule has 1 aliphatic carbocycles. The SMILES string of the molecule is C#Cc1ccc(CC2CCC(C(C(=O)CCc3ccccc3)c3ccc(-c4ccc(CC)cc4)cc3)CC2)cc1. The highest BCUT2D eigenvalue weighted by molar-refractivity contribution is 5.86. The Kier molecular flexibility index (Phi) is 9.30. The zero-order valence-electron chi connectivity index (χ0n) is 23.7. The van der Waals surface area contributed by atoms with Crippen LogP contribution in [-0.2, 0) is 24.1 Å². The molecule has 1 atom stereocenters. The normalized spacial score (nSPS) is 17.6. The smallest absolute Gasteiger partial charge is 0.140 e. The monoisotopic (exact) mass is 524 g/mol. The summed E-state index contributed by atoms with van der Waals surface area (Å²) in [5.41, 5.74) is 8.51. The van der Waals surface area contributed by atoms with Gasteiger partial charge >= 0.3 is 0 Å². The summed E-state index contributed by atoms with van der Waals surface area (Å²) in [6, 6.07) is 36.5. The van der Waals surface area contributed by atoms with Crippen molar-refractivity contribution in [2.45, 2.75) is 64.2 Å². The lowest BCUT2D eigenvalue weighted by Gasteiger charge is -2.34. The van der Waals surface area contributed by atoms with Gasteiger partial charge in [0, 0.05) is 17.9 Å². The van der Waals surface area contributed by atoms with E-state index in [9.17, 15) is 4.79 Å². The quantitative estimate of drug-likeness (QED) is 0.189. The lowest BCUT2D eigenvalue weighted by molar-refractivity contribution is -0.122. The zero-order chi connectivity index (χ0) is 27.7. The molecular weight excluding hydrogens is 484 g/mol. The van der Waals surface area contributed by atoms with E-state index in [2.05, 4.69) is 97.8 Å². The zero-order valence-corrected chi connectivity index (χ0v) is 23.7. The predicted octanol–water partition coefficient (Wildman–Crippen LogP) is 9.23. The van der Waals surface area contributed by atoms with Crippen LogP contribution in [0.15, 0.2) is 103 Å². The first-order chi connectivity index (χ1) is 19.6. The number of hydrogen-bond acceptors (Lipinski definition) is 1. The third-order valence-corrected chi connectivity index (χ3v) is 8.82. The molecule has 4 aromatic rings. The van der Waals surface area contributed by atoms with Gasteiger partial charge in [-0.25, -0.2) is 0 Å². The predicted molar refractivity (Wildman–Crippen MR) is 167 cm³/mol. The van der Waals surface area contributed by atoms with Crippen molar-refractivity contribution in [2.75, 3.05) is 0 Å². The Hall–Kier alpha value is -3.89. The van der Waals surface area contributed by atoms with E-state index in [0.717, 1.165) is 37.7 Å².